The highest BCUT2D eigenvalue weighted by Gasteiger charge is 2.36. The maximum atomic E-state index is 12.9. The van der Waals surface area contributed by atoms with Gasteiger partial charge < -0.3 is 0 Å². The molecule has 1 heterocycles. The fourth-order valence-electron chi connectivity index (χ4n) is 2.25. The molecule has 1 amide bonds. The molecule has 3 nitrogen and oxygen atoms in total. The first kappa shape index (κ1) is 17.6. The van der Waals surface area contributed by atoms with Crippen LogP contribution in [0, 0.1) is 5.41 Å². The first-order chi connectivity index (χ1) is 11.8. The normalized spacial score (nSPS) is 16.8. The monoisotopic (exact) mass is 382 g/mol. The van der Waals surface area contributed by atoms with E-state index in [2.05, 4.69) is 0 Å². The van der Waals surface area contributed by atoms with Crippen LogP contribution in [0.25, 0.3) is 6.08 Å². The predicted molar refractivity (Wildman–Crippen MR) is 93.7 cm³/mol. The summed E-state index contributed by atoms with van der Waals surface area (Å²) in [6.07, 6.45) is -2.94. The van der Waals surface area contributed by atoms with Crippen molar-refractivity contribution in [1.82, 2.24) is 0 Å². The summed E-state index contributed by atoms with van der Waals surface area (Å²) >= 11 is 6.70. The van der Waals surface area contributed by atoms with Crippen molar-refractivity contribution in [1.29, 1.82) is 5.41 Å². The van der Waals surface area contributed by atoms with Gasteiger partial charge >= 0.3 is 6.18 Å². The number of carbonyl (C=O) groups excluding carboxylic acids is 1. The lowest BCUT2D eigenvalue weighted by Gasteiger charge is -2.16. The summed E-state index contributed by atoms with van der Waals surface area (Å²) in [6, 6.07) is 11.1. The minimum absolute atomic E-state index is 0.0110. The van der Waals surface area contributed by atoms with Crippen LogP contribution in [-0.2, 0) is 11.0 Å². The average molecular weight is 383 g/mol. The summed E-state index contributed by atoms with van der Waals surface area (Å²) in [4.78, 5) is 13.8. The predicted octanol–water partition coefficient (Wildman–Crippen LogP) is 5.41. The number of nitrogens with one attached hydrogen (secondary N) is 1. The summed E-state index contributed by atoms with van der Waals surface area (Å²) in [5.74, 6) is -0.538. The van der Waals surface area contributed by atoms with Crippen molar-refractivity contribution in [2.75, 3.05) is 4.90 Å². The SMILES string of the molecule is N=C1SC(=Cc2ccc(Cl)cc2)C(=O)N1c1cccc(C(F)(F)F)c1. The lowest BCUT2D eigenvalue weighted by atomic mass is 10.1. The number of carbonyl (C=O) groups is 1. The molecule has 0 bridgehead atoms. The molecule has 0 radical (unpaired) electrons. The molecule has 0 aliphatic carbocycles. The van der Waals surface area contributed by atoms with Gasteiger partial charge in [0.05, 0.1) is 16.2 Å². The van der Waals surface area contributed by atoms with E-state index in [1.54, 1.807) is 30.3 Å². The quantitative estimate of drug-likeness (QED) is 0.705. The number of amidine groups is 1. The van der Waals surface area contributed by atoms with Crippen LogP contribution in [0.3, 0.4) is 0 Å². The van der Waals surface area contributed by atoms with Crippen LogP contribution < -0.4 is 4.90 Å². The summed E-state index contributed by atoms with van der Waals surface area (Å²) in [5, 5.41) is 8.35. The Balaban J connectivity index is 1.93. The van der Waals surface area contributed by atoms with Crippen LogP contribution in [0.15, 0.2) is 53.4 Å². The highest BCUT2D eigenvalue weighted by atomic mass is 35.5. The Morgan fingerprint density at radius 2 is 1.80 bits per heavy atom. The van der Waals surface area contributed by atoms with Gasteiger partial charge in [-0.15, -0.1) is 0 Å². The maximum Gasteiger partial charge on any atom is 0.416 e. The molecule has 0 aromatic heterocycles. The van der Waals surface area contributed by atoms with Crippen LogP contribution >= 0.6 is 23.4 Å². The van der Waals surface area contributed by atoms with Crippen molar-refractivity contribution >= 4 is 46.2 Å². The summed E-state index contributed by atoms with van der Waals surface area (Å²) in [6.45, 7) is 0. The Morgan fingerprint density at radius 3 is 2.44 bits per heavy atom. The minimum atomic E-state index is -4.52. The molecule has 0 spiro atoms. The van der Waals surface area contributed by atoms with Crippen LogP contribution in [0.5, 0.6) is 0 Å². The second kappa shape index (κ2) is 6.57. The summed E-state index contributed by atoms with van der Waals surface area (Å²) < 4.78 is 38.6. The Bertz CT molecular complexity index is 878. The molecule has 0 atom stereocenters. The van der Waals surface area contributed by atoms with Crippen molar-refractivity contribution in [3.63, 3.8) is 0 Å². The zero-order valence-corrected chi connectivity index (χ0v) is 14.0. The van der Waals surface area contributed by atoms with Crippen LogP contribution in [0.2, 0.25) is 5.02 Å². The van der Waals surface area contributed by atoms with Crippen molar-refractivity contribution in [3.8, 4) is 0 Å². The Morgan fingerprint density at radius 1 is 1.12 bits per heavy atom. The van der Waals surface area contributed by atoms with Crippen LogP contribution in [0.1, 0.15) is 11.1 Å². The first-order valence-corrected chi connectivity index (χ1v) is 8.20. The van der Waals surface area contributed by atoms with Gasteiger partial charge in [0.2, 0.25) is 0 Å². The summed E-state index contributed by atoms with van der Waals surface area (Å²) in [7, 11) is 0. The standard InChI is InChI=1S/C17H10ClF3N2OS/c18-12-6-4-10(5-7-12)8-14-15(24)23(16(22)25-14)13-3-1-2-11(9-13)17(19,20)21/h1-9,22H. The molecular formula is C17H10ClF3N2OS. The number of rotatable bonds is 2. The second-order valence-corrected chi connectivity index (χ2v) is 6.62. The van der Waals surface area contributed by atoms with Crippen molar-refractivity contribution in [2.45, 2.75) is 6.18 Å². The number of alkyl halides is 3. The molecule has 1 fully saturated rings. The molecule has 1 saturated heterocycles. The maximum absolute atomic E-state index is 12.9. The number of benzene rings is 2. The Hall–Kier alpha value is -2.25. The van der Waals surface area contributed by atoms with Gasteiger partial charge in [-0.25, -0.2) is 0 Å². The van der Waals surface area contributed by atoms with Crippen molar-refractivity contribution < 1.29 is 18.0 Å². The van der Waals surface area contributed by atoms with E-state index in [0.717, 1.165) is 28.8 Å². The highest BCUT2D eigenvalue weighted by Crippen LogP contribution is 2.37. The fourth-order valence-corrected chi connectivity index (χ4v) is 3.24. The molecule has 1 aliphatic heterocycles. The topological polar surface area (TPSA) is 44.2 Å². The van der Waals surface area contributed by atoms with E-state index in [-0.39, 0.29) is 15.8 Å². The third-order valence-corrected chi connectivity index (χ3v) is 4.56. The number of hydrogen-bond acceptors (Lipinski definition) is 3. The zero-order chi connectivity index (χ0) is 18.2. The number of thioether (sulfide) groups is 1. The molecule has 0 unspecified atom stereocenters. The van der Waals surface area contributed by atoms with Gasteiger partial charge in [0.15, 0.2) is 5.17 Å². The van der Waals surface area contributed by atoms with E-state index >= 15 is 0 Å². The highest BCUT2D eigenvalue weighted by molar-refractivity contribution is 8.19. The number of hydrogen-bond donors (Lipinski definition) is 1. The van der Waals surface area contributed by atoms with E-state index in [0.29, 0.717) is 10.6 Å². The van der Waals surface area contributed by atoms with Gasteiger partial charge in [0.1, 0.15) is 0 Å². The molecule has 2 aromatic carbocycles. The van der Waals surface area contributed by atoms with Crippen molar-refractivity contribution in [2.24, 2.45) is 0 Å². The van der Waals surface area contributed by atoms with Gasteiger partial charge in [0, 0.05) is 5.02 Å². The largest absolute Gasteiger partial charge is 0.416 e. The van der Waals surface area contributed by atoms with E-state index in [4.69, 9.17) is 17.0 Å². The molecule has 25 heavy (non-hydrogen) atoms. The van der Waals surface area contributed by atoms with Gasteiger partial charge in [-0.3, -0.25) is 15.1 Å². The van der Waals surface area contributed by atoms with Crippen molar-refractivity contribution in [3.05, 3.63) is 69.6 Å². The number of amides is 1. The smallest absolute Gasteiger partial charge is 0.278 e. The third-order valence-electron chi connectivity index (χ3n) is 3.42. The zero-order valence-electron chi connectivity index (χ0n) is 12.5. The van der Waals surface area contributed by atoms with Gasteiger partial charge in [0.25, 0.3) is 5.91 Å². The molecular weight excluding hydrogens is 373 g/mol. The molecule has 128 valence electrons. The average Bonchev–Trinajstić information content (AvgIpc) is 2.83. The lowest BCUT2D eigenvalue weighted by molar-refractivity contribution is -0.137. The molecule has 0 saturated carbocycles. The molecule has 3 rings (SSSR count). The van der Waals surface area contributed by atoms with E-state index in [1.165, 1.54) is 12.1 Å². The number of anilines is 1. The molecule has 2 aromatic rings. The molecule has 1 N–H and O–H groups in total. The van der Waals surface area contributed by atoms with Gasteiger partial charge in [-0.2, -0.15) is 13.2 Å². The number of halogens is 4. The second-order valence-electron chi connectivity index (χ2n) is 5.16. The number of nitrogens with zero attached hydrogens (tertiary/aromatic N) is 1. The van der Waals surface area contributed by atoms with E-state index < -0.39 is 17.6 Å². The lowest BCUT2D eigenvalue weighted by Crippen LogP contribution is -2.28. The molecule has 1 aliphatic rings. The first-order valence-electron chi connectivity index (χ1n) is 7.01. The Kier molecular flexibility index (Phi) is 4.62. The van der Waals surface area contributed by atoms with E-state index in [1.807, 2.05) is 0 Å². The summed E-state index contributed by atoms with van der Waals surface area (Å²) in [5.41, 5.74) is -0.151. The Labute approximate surface area is 150 Å². The minimum Gasteiger partial charge on any atom is -0.278 e. The fraction of sp³-hybridized carbons (Fsp3) is 0.0588. The van der Waals surface area contributed by atoms with Gasteiger partial charge in [-0.1, -0.05) is 29.8 Å². The van der Waals surface area contributed by atoms with Gasteiger partial charge in [-0.05, 0) is 53.7 Å². The van der Waals surface area contributed by atoms with E-state index in [9.17, 15) is 18.0 Å². The molecule has 8 heteroatoms. The van der Waals surface area contributed by atoms with Crippen LogP contribution in [0.4, 0.5) is 18.9 Å². The third kappa shape index (κ3) is 3.72. The van der Waals surface area contributed by atoms with Crippen LogP contribution in [-0.4, -0.2) is 11.1 Å².